The first-order valence-corrected chi connectivity index (χ1v) is 14.3. The van der Waals surface area contributed by atoms with Crippen molar-refractivity contribution in [3.05, 3.63) is 89.5 Å². The van der Waals surface area contributed by atoms with Gasteiger partial charge in [0.1, 0.15) is 17.2 Å². The second kappa shape index (κ2) is 15.9. The number of ketones is 1. The molecule has 1 aliphatic heterocycles. The maximum atomic E-state index is 14.9. The van der Waals surface area contributed by atoms with Crippen molar-refractivity contribution in [1.82, 2.24) is 10.2 Å². The molecule has 0 saturated carbocycles. The first-order valence-electron chi connectivity index (χ1n) is 14.3. The Hall–Kier alpha value is -4.65. The average Bonchev–Trinajstić information content (AvgIpc) is 3.25. The largest absolute Gasteiger partial charge is 0.497 e. The lowest BCUT2D eigenvalue weighted by Crippen LogP contribution is -2.61. The summed E-state index contributed by atoms with van der Waals surface area (Å²) >= 11 is 0. The minimum atomic E-state index is -1.70. The molecule has 2 N–H and O–H groups in total. The fourth-order valence-corrected chi connectivity index (χ4v) is 5.16. The maximum Gasteiger partial charge on any atom is 0.407 e. The highest BCUT2D eigenvalue weighted by molar-refractivity contribution is 6.06. The zero-order valence-electron chi connectivity index (χ0n) is 25.5. The third kappa shape index (κ3) is 8.29. The van der Waals surface area contributed by atoms with Crippen LogP contribution < -0.4 is 19.5 Å². The minimum absolute atomic E-state index is 0.0236. The number of hydrogen-bond donors (Lipinski definition) is 2. The summed E-state index contributed by atoms with van der Waals surface area (Å²) in [6.07, 6.45) is -0.771. The Labute approximate surface area is 261 Å². The number of nitrogens with zero attached hydrogens (tertiary/aromatic N) is 1. The Morgan fingerprint density at radius 2 is 1.60 bits per heavy atom. The molecule has 0 aromatic heterocycles. The van der Waals surface area contributed by atoms with E-state index >= 15 is 0 Å². The predicted octanol–water partition coefficient (Wildman–Crippen LogP) is 4.37. The third-order valence-electron chi connectivity index (χ3n) is 7.47. The van der Waals surface area contributed by atoms with Gasteiger partial charge >= 0.3 is 6.09 Å². The van der Waals surface area contributed by atoms with Crippen molar-refractivity contribution in [1.29, 1.82) is 0 Å². The van der Waals surface area contributed by atoms with Crippen molar-refractivity contribution in [3.63, 3.8) is 0 Å². The van der Waals surface area contributed by atoms with E-state index in [1.165, 1.54) is 26.2 Å². The second-order valence-corrected chi connectivity index (χ2v) is 10.3. The van der Waals surface area contributed by atoms with Crippen molar-refractivity contribution in [3.8, 4) is 17.2 Å². The third-order valence-corrected chi connectivity index (χ3v) is 7.47. The Morgan fingerprint density at radius 3 is 2.27 bits per heavy atom. The quantitative estimate of drug-likeness (QED) is 0.197. The maximum absolute atomic E-state index is 14.9. The normalized spacial score (nSPS) is 18.0. The molecule has 0 aliphatic carbocycles. The Balaban J connectivity index is 1.79. The number of nitrogens with one attached hydrogen (secondary N) is 1. The zero-order chi connectivity index (χ0) is 32.2. The van der Waals surface area contributed by atoms with Gasteiger partial charge in [-0.3, -0.25) is 9.59 Å². The molecule has 1 aliphatic rings. The molecule has 2 atom stereocenters. The van der Waals surface area contributed by atoms with E-state index in [0.717, 1.165) is 5.56 Å². The minimum Gasteiger partial charge on any atom is -0.497 e. The molecule has 1 heterocycles. The SMILES string of the molecule is COCOc1ccc(C(=O)N[C@@H]2CN(C(=O)O)CCC[C@]2(OCc2ccccc2)C(=O)c2cc(OC)ccc2OCOC)cc1. The van der Waals surface area contributed by atoms with Crippen molar-refractivity contribution in [2.45, 2.75) is 31.1 Å². The topological polar surface area (TPSA) is 142 Å². The number of Topliss-reactive ketones (excluding diaryl/α,β-unsaturated/α-hetero) is 1. The van der Waals surface area contributed by atoms with Gasteiger partial charge < -0.3 is 43.7 Å². The van der Waals surface area contributed by atoms with E-state index in [4.69, 9.17) is 28.4 Å². The molecule has 1 fully saturated rings. The molecule has 12 heteroatoms. The van der Waals surface area contributed by atoms with E-state index in [1.54, 1.807) is 42.5 Å². The Morgan fingerprint density at radius 1 is 0.911 bits per heavy atom. The lowest BCUT2D eigenvalue weighted by atomic mass is 9.81. The van der Waals surface area contributed by atoms with Crippen molar-refractivity contribution in [2.75, 3.05) is 48.0 Å². The molecule has 3 aromatic rings. The molecule has 3 aromatic carbocycles. The van der Waals surface area contributed by atoms with Gasteiger partial charge in [-0.2, -0.15) is 0 Å². The van der Waals surface area contributed by atoms with Crippen LogP contribution in [0.25, 0.3) is 0 Å². The number of hydrogen-bond acceptors (Lipinski definition) is 9. The van der Waals surface area contributed by atoms with Gasteiger partial charge in [-0.15, -0.1) is 0 Å². The van der Waals surface area contributed by atoms with Gasteiger partial charge in [0.25, 0.3) is 5.91 Å². The summed E-state index contributed by atoms with van der Waals surface area (Å²) in [4.78, 5) is 42.0. The van der Waals surface area contributed by atoms with Crippen LogP contribution in [-0.2, 0) is 20.8 Å². The van der Waals surface area contributed by atoms with E-state index in [-0.39, 0.29) is 56.6 Å². The lowest BCUT2D eigenvalue weighted by Gasteiger charge is -2.39. The van der Waals surface area contributed by atoms with E-state index in [9.17, 15) is 19.5 Å². The molecular weight excluding hydrogens is 584 g/mol. The van der Waals surface area contributed by atoms with E-state index in [0.29, 0.717) is 17.9 Å². The number of amides is 2. The highest BCUT2D eigenvalue weighted by Crippen LogP contribution is 2.36. The molecule has 240 valence electrons. The molecule has 0 spiro atoms. The van der Waals surface area contributed by atoms with E-state index in [2.05, 4.69) is 5.32 Å². The highest BCUT2D eigenvalue weighted by atomic mass is 16.7. The summed E-state index contributed by atoms with van der Waals surface area (Å²) in [5.74, 6) is 0.105. The zero-order valence-corrected chi connectivity index (χ0v) is 25.5. The number of carbonyl (C=O) groups is 3. The van der Waals surface area contributed by atoms with Gasteiger partial charge in [0, 0.05) is 32.9 Å². The van der Waals surface area contributed by atoms with Crippen LogP contribution in [0, 0.1) is 0 Å². The molecule has 45 heavy (non-hydrogen) atoms. The highest BCUT2D eigenvalue weighted by Gasteiger charge is 2.51. The second-order valence-electron chi connectivity index (χ2n) is 10.3. The molecule has 0 unspecified atom stereocenters. The van der Waals surface area contributed by atoms with Gasteiger partial charge in [0.15, 0.2) is 19.2 Å². The van der Waals surface area contributed by atoms with Gasteiger partial charge in [0.05, 0.1) is 25.3 Å². The summed E-state index contributed by atoms with van der Waals surface area (Å²) in [5.41, 5.74) is -0.487. The number of ether oxygens (including phenoxy) is 6. The smallest absolute Gasteiger partial charge is 0.407 e. The van der Waals surface area contributed by atoms with Crippen molar-refractivity contribution < 1.29 is 47.9 Å². The van der Waals surface area contributed by atoms with Crippen LogP contribution in [0.2, 0.25) is 0 Å². The van der Waals surface area contributed by atoms with Crippen LogP contribution >= 0.6 is 0 Å². The van der Waals surface area contributed by atoms with Crippen LogP contribution in [0.5, 0.6) is 17.2 Å². The van der Waals surface area contributed by atoms with Crippen molar-refractivity contribution >= 4 is 17.8 Å². The number of carboxylic acid groups (broad SMARTS) is 1. The Kier molecular flexibility index (Phi) is 11.7. The monoisotopic (exact) mass is 622 g/mol. The molecule has 0 radical (unpaired) electrons. The number of methoxy groups -OCH3 is 3. The molecule has 0 bridgehead atoms. The fraction of sp³-hybridized carbons (Fsp3) is 0.364. The lowest BCUT2D eigenvalue weighted by molar-refractivity contribution is -0.0587. The van der Waals surface area contributed by atoms with Crippen LogP contribution in [0.3, 0.4) is 0 Å². The predicted molar refractivity (Wildman–Crippen MR) is 163 cm³/mol. The van der Waals surface area contributed by atoms with E-state index < -0.39 is 29.4 Å². The first-order chi connectivity index (χ1) is 21.8. The van der Waals surface area contributed by atoms with Crippen molar-refractivity contribution in [2.24, 2.45) is 0 Å². The van der Waals surface area contributed by atoms with Crippen LogP contribution in [0.15, 0.2) is 72.8 Å². The standard InChI is InChI=1S/C33H38N2O10/c1-40-21-43-25-12-10-24(11-13-25)31(37)34-29-19-35(32(38)39)17-7-16-33(29,45-20-23-8-5-4-6-9-23)30(36)27-18-26(42-3)14-15-28(27)44-22-41-2/h4-6,8-15,18,29H,7,16-17,19-22H2,1-3H3,(H,34,37)(H,38,39)/t29-,33-/m1/s1. The average molecular weight is 623 g/mol. The van der Waals surface area contributed by atoms with Crippen LogP contribution in [0.4, 0.5) is 4.79 Å². The van der Waals surface area contributed by atoms with Gasteiger partial charge in [-0.25, -0.2) is 4.79 Å². The molecule has 1 saturated heterocycles. The summed E-state index contributed by atoms with van der Waals surface area (Å²) in [7, 11) is 4.44. The van der Waals surface area contributed by atoms with Gasteiger partial charge in [-0.1, -0.05) is 30.3 Å². The summed E-state index contributed by atoms with van der Waals surface area (Å²) < 4.78 is 33.2. The van der Waals surface area contributed by atoms with Crippen LogP contribution in [0.1, 0.15) is 39.1 Å². The first kappa shape index (κ1) is 33.2. The van der Waals surface area contributed by atoms with E-state index in [1.807, 2.05) is 30.3 Å². The summed E-state index contributed by atoms with van der Waals surface area (Å²) in [6.45, 7) is -0.114. The number of benzene rings is 3. The van der Waals surface area contributed by atoms with Crippen LogP contribution in [-0.4, -0.2) is 87.4 Å². The molecule has 12 nitrogen and oxygen atoms in total. The fourth-order valence-electron chi connectivity index (χ4n) is 5.16. The molecule has 2 amide bonds. The number of carbonyl (C=O) groups excluding carboxylic acids is 2. The molecular formula is C33H38N2O10. The van der Waals surface area contributed by atoms with Gasteiger partial charge in [0.2, 0.25) is 5.78 Å². The number of rotatable bonds is 14. The van der Waals surface area contributed by atoms with Gasteiger partial charge in [-0.05, 0) is 60.9 Å². The molecule has 4 rings (SSSR count). The number of likely N-dealkylation sites (tertiary alicyclic amines) is 1. The Bertz CT molecular complexity index is 1430. The summed E-state index contributed by atoms with van der Waals surface area (Å²) in [6, 6.07) is 19.3. The summed E-state index contributed by atoms with van der Waals surface area (Å²) in [5, 5.41) is 12.9.